The topological polar surface area (TPSA) is 65.0 Å². The molecule has 0 radical (unpaired) electrons. The van der Waals surface area contributed by atoms with E-state index in [1.165, 1.54) is 0 Å². The maximum Gasteiger partial charge on any atom is 0.306 e. The fraction of sp³-hybridized carbons (Fsp3) is 0.533. The summed E-state index contributed by atoms with van der Waals surface area (Å²) in [5, 5.41) is 9.59. The summed E-state index contributed by atoms with van der Waals surface area (Å²) in [4.78, 5) is 11.6. The van der Waals surface area contributed by atoms with Gasteiger partial charge < -0.3 is 19.3 Å². The summed E-state index contributed by atoms with van der Waals surface area (Å²) in [5.74, 6) is -0.705. The highest BCUT2D eigenvalue weighted by Gasteiger charge is 2.33. The van der Waals surface area contributed by atoms with Crippen LogP contribution in [0.15, 0.2) is 24.3 Å². The van der Waals surface area contributed by atoms with Crippen LogP contribution < -0.4 is 0 Å². The number of ether oxygens (including phenoxy) is 3. The Bertz CT molecular complexity index is 469. The van der Waals surface area contributed by atoms with E-state index < -0.39 is 5.79 Å². The van der Waals surface area contributed by atoms with E-state index in [1.54, 1.807) is 18.2 Å². The van der Waals surface area contributed by atoms with Gasteiger partial charge in [0.15, 0.2) is 5.79 Å². The first-order valence-corrected chi connectivity index (χ1v) is 6.70. The van der Waals surface area contributed by atoms with Gasteiger partial charge in [-0.2, -0.15) is 0 Å². The van der Waals surface area contributed by atoms with Crippen molar-refractivity contribution in [2.45, 2.75) is 38.6 Å². The maximum absolute atomic E-state index is 11.6. The van der Waals surface area contributed by atoms with Gasteiger partial charge in [0.2, 0.25) is 0 Å². The minimum absolute atomic E-state index is 0.197. The number of phenolic OH excluding ortho intramolecular Hbond substituents is 1. The highest BCUT2D eigenvalue weighted by molar-refractivity contribution is 5.69. The zero-order chi connectivity index (χ0) is 14.6. The fourth-order valence-corrected chi connectivity index (χ4v) is 2.06. The molecule has 110 valence electrons. The van der Waals surface area contributed by atoms with Gasteiger partial charge in [0.05, 0.1) is 6.61 Å². The number of carbonyl (C=O) groups excluding carboxylic acids is 1. The lowest BCUT2D eigenvalue weighted by Gasteiger charge is -2.17. The largest absolute Gasteiger partial charge is 0.508 e. The fourth-order valence-electron chi connectivity index (χ4n) is 2.06. The van der Waals surface area contributed by atoms with E-state index in [0.29, 0.717) is 13.0 Å². The molecule has 20 heavy (non-hydrogen) atoms. The third kappa shape index (κ3) is 4.21. The number of benzene rings is 1. The molecule has 0 unspecified atom stereocenters. The number of esters is 1. The average molecular weight is 280 g/mol. The van der Waals surface area contributed by atoms with Crippen molar-refractivity contribution in [3.05, 3.63) is 29.8 Å². The van der Waals surface area contributed by atoms with E-state index in [2.05, 4.69) is 0 Å². The second-order valence-electron chi connectivity index (χ2n) is 5.26. The quantitative estimate of drug-likeness (QED) is 0.836. The lowest BCUT2D eigenvalue weighted by Crippen LogP contribution is -2.25. The van der Waals surface area contributed by atoms with Gasteiger partial charge in [-0.05, 0) is 31.9 Å². The van der Waals surface area contributed by atoms with Crippen LogP contribution >= 0.6 is 0 Å². The monoisotopic (exact) mass is 280 g/mol. The molecule has 1 aliphatic heterocycles. The van der Waals surface area contributed by atoms with Crippen molar-refractivity contribution in [3.63, 3.8) is 0 Å². The third-order valence-electron chi connectivity index (χ3n) is 3.09. The zero-order valence-corrected chi connectivity index (χ0v) is 11.8. The molecule has 1 aliphatic rings. The first kappa shape index (κ1) is 14.8. The van der Waals surface area contributed by atoms with Crippen LogP contribution in [0.3, 0.4) is 0 Å². The molecule has 0 bridgehead atoms. The van der Waals surface area contributed by atoms with Crippen LogP contribution in [0.2, 0.25) is 0 Å². The van der Waals surface area contributed by atoms with Crippen LogP contribution in [-0.4, -0.2) is 36.2 Å². The predicted octanol–water partition coefficient (Wildman–Crippen LogP) is 2.02. The van der Waals surface area contributed by atoms with Crippen LogP contribution in [-0.2, 0) is 25.4 Å². The number of para-hydroxylation sites is 1. The van der Waals surface area contributed by atoms with Crippen molar-refractivity contribution < 1.29 is 24.1 Å². The molecule has 1 atom stereocenters. The van der Waals surface area contributed by atoms with Crippen LogP contribution in [0, 0.1) is 0 Å². The molecule has 2 rings (SSSR count). The number of rotatable bonds is 5. The smallest absolute Gasteiger partial charge is 0.306 e. The third-order valence-corrected chi connectivity index (χ3v) is 3.09. The van der Waals surface area contributed by atoms with Crippen molar-refractivity contribution in [3.8, 4) is 5.75 Å². The maximum atomic E-state index is 11.6. The van der Waals surface area contributed by atoms with Crippen molar-refractivity contribution in [1.29, 1.82) is 0 Å². The minimum atomic E-state index is -0.604. The van der Waals surface area contributed by atoms with Crippen LogP contribution in [0.25, 0.3) is 0 Å². The first-order valence-electron chi connectivity index (χ1n) is 6.70. The summed E-state index contributed by atoms with van der Waals surface area (Å²) in [6, 6.07) is 6.97. The van der Waals surface area contributed by atoms with E-state index in [4.69, 9.17) is 14.2 Å². The molecule has 1 fully saturated rings. The van der Waals surface area contributed by atoms with Gasteiger partial charge in [-0.1, -0.05) is 18.2 Å². The molecular formula is C15H20O5. The second kappa shape index (κ2) is 6.24. The minimum Gasteiger partial charge on any atom is -0.508 e. The average Bonchev–Trinajstić information content (AvgIpc) is 2.75. The van der Waals surface area contributed by atoms with Gasteiger partial charge in [0, 0.05) is 6.42 Å². The number of aromatic hydroxyl groups is 1. The lowest BCUT2D eigenvalue weighted by atomic mass is 10.1. The van der Waals surface area contributed by atoms with E-state index in [9.17, 15) is 9.90 Å². The Labute approximate surface area is 118 Å². The number of phenols is 1. The molecule has 0 spiro atoms. The highest BCUT2D eigenvalue weighted by Crippen LogP contribution is 2.22. The van der Waals surface area contributed by atoms with Gasteiger partial charge in [0.25, 0.3) is 0 Å². The predicted molar refractivity (Wildman–Crippen MR) is 72.3 cm³/mol. The molecule has 0 aliphatic carbocycles. The summed E-state index contributed by atoms with van der Waals surface area (Å²) in [7, 11) is 0. The van der Waals surface area contributed by atoms with Crippen molar-refractivity contribution in [2.24, 2.45) is 0 Å². The molecule has 5 nitrogen and oxygen atoms in total. The van der Waals surface area contributed by atoms with Gasteiger partial charge in [-0.15, -0.1) is 0 Å². The standard InChI is InChI=1S/C15H20O5/c1-15(2)19-10-12(20-15)9-18-14(17)8-7-11-5-3-4-6-13(11)16/h3-6,12,16H,7-10H2,1-2H3/t12-/m1/s1. The molecule has 1 saturated heterocycles. The van der Waals surface area contributed by atoms with Gasteiger partial charge >= 0.3 is 5.97 Å². The molecule has 0 amide bonds. The molecule has 5 heteroatoms. The molecule has 0 aromatic heterocycles. The molecule has 1 heterocycles. The highest BCUT2D eigenvalue weighted by atomic mass is 16.7. The number of hydrogen-bond donors (Lipinski definition) is 1. The Morgan fingerprint density at radius 3 is 2.85 bits per heavy atom. The molecule has 1 aromatic carbocycles. The summed E-state index contributed by atoms with van der Waals surface area (Å²) >= 11 is 0. The van der Waals surface area contributed by atoms with Crippen LogP contribution in [0.1, 0.15) is 25.8 Å². The van der Waals surface area contributed by atoms with E-state index in [-0.39, 0.29) is 30.9 Å². The lowest BCUT2D eigenvalue weighted by molar-refractivity contribution is -0.158. The van der Waals surface area contributed by atoms with E-state index in [1.807, 2.05) is 19.9 Å². The Morgan fingerprint density at radius 2 is 2.20 bits per heavy atom. The Morgan fingerprint density at radius 1 is 1.45 bits per heavy atom. The SMILES string of the molecule is CC1(C)OC[C@@H](COC(=O)CCc2ccccc2O)O1. The number of carbonyl (C=O) groups is 1. The van der Waals surface area contributed by atoms with Gasteiger partial charge in [-0.3, -0.25) is 4.79 Å². The molecular weight excluding hydrogens is 260 g/mol. The normalized spacial score (nSPS) is 20.8. The molecule has 1 N–H and O–H groups in total. The van der Waals surface area contributed by atoms with Crippen LogP contribution in [0.5, 0.6) is 5.75 Å². The summed E-state index contributed by atoms with van der Waals surface area (Å²) in [5.41, 5.74) is 0.742. The van der Waals surface area contributed by atoms with Crippen molar-refractivity contribution in [1.82, 2.24) is 0 Å². The van der Waals surface area contributed by atoms with Gasteiger partial charge in [0.1, 0.15) is 18.5 Å². The number of hydrogen-bond acceptors (Lipinski definition) is 5. The Hall–Kier alpha value is -1.59. The summed E-state index contributed by atoms with van der Waals surface area (Å²) < 4.78 is 16.1. The molecule has 1 aromatic rings. The van der Waals surface area contributed by atoms with Gasteiger partial charge in [-0.25, -0.2) is 0 Å². The molecule has 0 saturated carbocycles. The van der Waals surface area contributed by atoms with Crippen molar-refractivity contribution in [2.75, 3.05) is 13.2 Å². The van der Waals surface area contributed by atoms with E-state index in [0.717, 1.165) is 5.56 Å². The number of aryl methyl sites for hydroxylation is 1. The second-order valence-corrected chi connectivity index (χ2v) is 5.26. The van der Waals surface area contributed by atoms with E-state index >= 15 is 0 Å². The summed E-state index contributed by atoms with van der Waals surface area (Å²) in [6.45, 7) is 4.28. The zero-order valence-electron chi connectivity index (χ0n) is 11.8. The summed E-state index contributed by atoms with van der Waals surface area (Å²) in [6.07, 6.45) is 0.479. The Kier molecular flexibility index (Phi) is 4.62. The first-order chi connectivity index (χ1) is 9.46. The Balaban J connectivity index is 1.70. The van der Waals surface area contributed by atoms with Crippen LogP contribution in [0.4, 0.5) is 0 Å². The van der Waals surface area contributed by atoms with Crippen molar-refractivity contribution >= 4 is 5.97 Å².